The van der Waals surface area contributed by atoms with Crippen molar-refractivity contribution in [1.82, 2.24) is 4.90 Å². The maximum Gasteiger partial charge on any atom is 0.174 e. The molecule has 174 valence electrons. The maximum absolute atomic E-state index is 5.30. The van der Waals surface area contributed by atoms with Crippen LogP contribution in [0.5, 0.6) is 0 Å². The Morgan fingerprint density at radius 1 is 0.886 bits per heavy atom. The van der Waals surface area contributed by atoms with Gasteiger partial charge in [-0.1, -0.05) is 99.5 Å². The van der Waals surface area contributed by atoms with Crippen LogP contribution < -0.4 is 0 Å². The molecule has 0 aromatic heterocycles. The van der Waals surface area contributed by atoms with Crippen molar-refractivity contribution in [2.75, 3.05) is 0 Å². The fraction of sp³-hybridized carbons (Fsp3) is 0.194. The largest absolute Gasteiger partial charge is 0.308 e. The Kier molecular flexibility index (Phi) is 6.03. The van der Waals surface area contributed by atoms with Crippen molar-refractivity contribution in [3.63, 3.8) is 0 Å². The zero-order valence-corrected chi connectivity index (χ0v) is 22.4. The first-order chi connectivity index (χ1) is 17.1. The van der Waals surface area contributed by atoms with Gasteiger partial charge in [0.2, 0.25) is 0 Å². The van der Waals surface area contributed by atoms with E-state index in [-0.39, 0.29) is 6.04 Å². The van der Waals surface area contributed by atoms with Gasteiger partial charge >= 0.3 is 0 Å². The summed E-state index contributed by atoms with van der Waals surface area (Å²) in [6.45, 7) is 4.30. The van der Waals surface area contributed by atoms with Gasteiger partial charge in [-0.2, -0.15) is 0 Å². The molecule has 2 nitrogen and oxygen atoms in total. The minimum Gasteiger partial charge on any atom is -0.308 e. The van der Waals surface area contributed by atoms with E-state index in [1.165, 1.54) is 50.4 Å². The van der Waals surface area contributed by atoms with E-state index >= 15 is 0 Å². The summed E-state index contributed by atoms with van der Waals surface area (Å²) in [5.41, 5.74) is 11.6. The van der Waals surface area contributed by atoms with Crippen LogP contribution in [0.2, 0.25) is 0 Å². The summed E-state index contributed by atoms with van der Waals surface area (Å²) < 4.78 is 1.10. The SMILES string of the molecule is Cc1ccc(C=C2CCCC3=C2N=C2SC=C(c4ccc(Br)cc4)N2C3c2ccc(C)cc2)cc1. The summed E-state index contributed by atoms with van der Waals surface area (Å²) in [7, 11) is 0. The predicted octanol–water partition coefficient (Wildman–Crippen LogP) is 9.05. The average molecular weight is 540 g/mol. The standard InChI is InChI=1S/C31H27BrN2S/c1-20-6-10-22(11-7-20)18-25-4-3-5-27-29(25)33-31-34(30(27)24-12-8-21(2)9-13-24)28(19-35-31)23-14-16-26(32)17-15-23/h6-19,30H,3-5H2,1-2H3. The molecule has 4 heteroatoms. The number of hydrogen-bond acceptors (Lipinski definition) is 3. The van der Waals surface area contributed by atoms with Crippen molar-refractivity contribution in [2.45, 2.75) is 39.2 Å². The summed E-state index contributed by atoms with van der Waals surface area (Å²) in [4.78, 5) is 7.77. The molecular weight excluding hydrogens is 512 g/mol. The van der Waals surface area contributed by atoms with E-state index in [0.717, 1.165) is 28.9 Å². The number of aryl methyl sites for hydroxylation is 2. The number of thioether (sulfide) groups is 1. The molecule has 1 atom stereocenters. The molecule has 0 fully saturated rings. The third-order valence-electron chi connectivity index (χ3n) is 6.99. The summed E-state index contributed by atoms with van der Waals surface area (Å²) in [6.07, 6.45) is 5.65. The zero-order valence-electron chi connectivity index (χ0n) is 20.0. The number of rotatable bonds is 3. The van der Waals surface area contributed by atoms with Crippen LogP contribution in [-0.4, -0.2) is 10.1 Å². The summed E-state index contributed by atoms with van der Waals surface area (Å²) in [5.74, 6) is 0. The normalized spacial score (nSPS) is 20.5. The predicted molar refractivity (Wildman–Crippen MR) is 153 cm³/mol. The molecule has 0 spiro atoms. The van der Waals surface area contributed by atoms with Gasteiger partial charge in [-0.3, -0.25) is 0 Å². The molecule has 3 aromatic carbocycles. The summed E-state index contributed by atoms with van der Waals surface area (Å²) in [6, 6.07) is 26.7. The van der Waals surface area contributed by atoms with Crippen LogP contribution in [-0.2, 0) is 0 Å². The van der Waals surface area contributed by atoms with Crippen molar-refractivity contribution in [2.24, 2.45) is 4.99 Å². The highest BCUT2D eigenvalue weighted by atomic mass is 79.9. The van der Waals surface area contributed by atoms with Gasteiger partial charge in [0.15, 0.2) is 5.17 Å². The van der Waals surface area contributed by atoms with E-state index < -0.39 is 0 Å². The molecular formula is C31H27BrN2S. The lowest BCUT2D eigenvalue weighted by molar-refractivity contribution is 0.458. The van der Waals surface area contributed by atoms with Crippen molar-refractivity contribution < 1.29 is 0 Å². The monoisotopic (exact) mass is 538 g/mol. The van der Waals surface area contributed by atoms with Crippen LogP contribution in [0.15, 0.2) is 105 Å². The maximum atomic E-state index is 5.30. The molecule has 0 saturated heterocycles. The molecule has 3 aromatic rings. The Balaban J connectivity index is 1.48. The number of benzene rings is 3. The Hall–Kier alpha value is -2.82. The number of hydrogen-bond donors (Lipinski definition) is 0. The topological polar surface area (TPSA) is 15.6 Å². The first kappa shape index (κ1) is 22.6. The van der Waals surface area contributed by atoms with Crippen molar-refractivity contribution >= 4 is 44.6 Å². The van der Waals surface area contributed by atoms with Crippen molar-refractivity contribution in [3.05, 3.63) is 127 Å². The third-order valence-corrected chi connectivity index (χ3v) is 8.36. The van der Waals surface area contributed by atoms with Crippen LogP contribution in [0, 0.1) is 13.8 Å². The number of halogens is 1. The van der Waals surface area contributed by atoms with Gasteiger partial charge in [0.05, 0.1) is 17.4 Å². The van der Waals surface area contributed by atoms with E-state index in [2.05, 4.69) is 119 Å². The lowest BCUT2D eigenvalue weighted by Gasteiger charge is -2.40. The zero-order chi connectivity index (χ0) is 23.9. The van der Waals surface area contributed by atoms with Crippen LogP contribution in [0.25, 0.3) is 11.8 Å². The smallest absolute Gasteiger partial charge is 0.174 e. The minimum atomic E-state index is 0.157. The van der Waals surface area contributed by atoms with E-state index in [1.807, 2.05) is 0 Å². The molecule has 2 aliphatic heterocycles. The van der Waals surface area contributed by atoms with Gasteiger partial charge in [-0.25, -0.2) is 4.99 Å². The number of fused-ring (bicyclic) bond motifs is 1. The van der Waals surface area contributed by atoms with Gasteiger partial charge in [0, 0.05) is 9.88 Å². The lowest BCUT2D eigenvalue weighted by atomic mass is 9.82. The molecule has 0 saturated carbocycles. The Labute approximate surface area is 220 Å². The molecule has 35 heavy (non-hydrogen) atoms. The lowest BCUT2D eigenvalue weighted by Crippen LogP contribution is -2.34. The van der Waals surface area contributed by atoms with E-state index in [1.54, 1.807) is 11.8 Å². The van der Waals surface area contributed by atoms with Crippen LogP contribution >= 0.6 is 27.7 Å². The first-order valence-electron chi connectivity index (χ1n) is 12.1. The molecule has 0 N–H and O–H groups in total. The molecule has 3 aliphatic rings. The van der Waals surface area contributed by atoms with Gasteiger partial charge < -0.3 is 4.90 Å². The van der Waals surface area contributed by atoms with Gasteiger partial charge in [0.25, 0.3) is 0 Å². The first-order valence-corrected chi connectivity index (χ1v) is 13.8. The number of aliphatic imine (C=N–C) groups is 1. The second kappa shape index (κ2) is 9.33. The highest BCUT2D eigenvalue weighted by Crippen LogP contribution is 2.51. The molecule has 2 heterocycles. The Morgan fingerprint density at radius 3 is 2.29 bits per heavy atom. The molecule has 0 amide bonds. The highest BCUT2D eigenvalue weighted by Gasteiger charge is 2.40. The molecule has 1 unspecified atom stereocenters. The van der Waals surface area contributed by atoms with Gasteiger partial charge in [0.1, 0.15) is 0 Å². The van der Waals surface area contributed by atoms with E-state index in [9.17, 15) is 0 Å². The average Bonchev–Trinajstić information content (AvgIpc) is 3.29. The summed E-state index contributed by atoms with van der Waals surface area (Å²) in [5, 5.41) is 3.34. The van der Waals surface area contributed by atoms with Crippen LogP contribution in [0.1, 0.15) is 53.1 Å². The van der Waals surface area contributed by atoms with Gasteiger partial charge in [-0.15, -0.1) is 0 Å². The number of amidine groups is 1. The van der Waals surface area contributed by atoms with E-state index in [0.29, 0.717) is 0 Å². The minimum absolute atomic E-state index is 0.157. The summed E-state index contributed by atoms with van der Waals surface area (Å²) >= 11 is 5.33. The number of allylic oxidation sites excluding steroid dienone is 1. The molecule has 1 aliphatic carbocycles. The van der Waals surface area contributed by atoms with Crippen LogP contribution in [0.3, 0.4) is 0 Å². The van der Waals surface area contributed by atoms with E-state index in [4.69, 9.17) is 4.99 Å². The van der Waals surface area contributed by atoms with Crippen molar-refractivity contribution in [1.29, 1.82) is 0 Å². The van der Waals surface area contributed by atoms with Gasteiger partial charge in [-0.05, 0) is 79.2 Å². The van der Waals surface area contributed by atoms with Crippen molar-refractivity contribution in [3.8, 4) is 0 Å². The molecule has 0 bridgehead atoms. The Morgan fingerprint density at radius 2 is 1.57 bits per heavy atom. The van der Waals surface area contributed by atoms with Crippen LogP contribution in [0.4, 0.5) is 0 Å². The molecule has 0 radical (unpaired) electrons. The third kappa shape index (κ3) is 4.34. The number of nitrogens with zero attached hydrogens (tertiary/aromatic N) is 2. The second-order valence-electron chi connectivity index (χ2n) is 9.51. The molecule has 6 rings (SSSR count). The quantitative estimate of drug-likeness (QED) is 0.330. The fourth-order valence-electron chi connectivity index (χ4n) is 5.16. The fourth-order valence-corrected chi connectivity index (χ4v) is 6.35. The Bertz CT molecular complexity index is 1390. The highest BCUT2D eigenvalue weighted by molar-refractivity contribution is 9.10. The second-order valence-corrected chi connectivity index (χ2v) is 11.3.